The Hall–Kier alpha value is -3.60. The lowest BCUT2D eigenvalue weighted by atomic mass is 10.1. The number of furan rings is 1. The van der Waals surface area contributed by atoms with Crippen LogP contribution in [0, 0.1) is 10.5 Å². The van der Waals surface area contributed by atoms with E-state index < -0.39 is 17.9 Å². The van der Waals surface area contributed by atoms with E-state index >= 15 is 0 Å². The minimum Gasteiger partial charge on any atom is -0.488 e. The molecule has 9 heteroatoms. The third kappa shape index (κ3) is 5.30. The number of ether oxygens (including phenoxy) is 2. The molecule has 2 aromatic carbocycles. The van der Waals surface area contributed by atoms with Crippen LogP contribution in [0.4, 0.5) is 4.79 Å². The second kappa shape index (κ2) is 10.1. The van der Waals surface area contributed by atoms with Crippen LogP contribution in [0.25, 0.3) is 6.08 Å². The van der Waals surface area contributed by atoms with Crippen molar-refractivity contribution in [1.82, 2.24) is 10.2 Å². The van der Waals surface area contributed by atoms with E-state index in [9.17, 15) is 14.4 Å². The standard InChI is InChI=1S/C25H21IN2O6/c1-15-3-5-16(6-4-15)14-33-21-9-7-17(11-19(21)26)12-20-23(29)28(25(31)27-20)13-18-8-10-22(34-18)24(30)32-2/h3-12H,13-14H2,1-2H3,(H,27,31)/b20-12-. The zero-order valence-electron chi connectivity index (χ0n) is 18.5. The fourth-order valence-corrected chi connectivity index (χ4v) is 3.98. The van der Waals surface area contributed by atoms with Gasteiger partial charge in [0.1, 0.15) is 23.8 Å². The van der Waals surface area contributed by atoms with Gasteiger partial charge in [-0.15, -0.1) is 0 Å². The summed E-state index contributed by atoms with van der Waals surface area (Å²) in [6, 6.07) is 16.0. The van der Waals surface area contributed by atoms with Crippen LogP contribution in [0.3, 0.4) is 0 Å². The molecule has 1 N–H and O–H groups in total. The molecule has 0 saturated carbocycles. The molecule has 1 aromatic heterocycles. The summed E-state index contributed by atoms with van der Waals surface area (Å²) in [5, 5.41) is 2.58. The Bertz CT molecular complexity index is 1280. The van der Waals surface area contributed by atoms with Crippen LogP contribution < -0.4 is 10.1 Å². The van der Waals surface area contributed by atoms with Crippen LogP contribution in [-0.4, -0.2) is 29.9 Å². The number of rotatable bonds is 7. The first-order valence-electron chi connectivity index (χ1n) is 10.3. The normalized spacial score (nSPS) is 14.4. The molecular formula is C25H21IN2O6. The quantitative estimate of drug-likeness (QED) is 0.192. The smallest absolute Gasteiger partial charge is 0.373 e. The van der Waals surface area contributed by atoms with Gasteiger partial charge in [0.15, 0.2) is 0 Å². The molecular weight excluding hydrogens is 551 g/mol. The summed E-state index contributed by atoms with van der Waals surface area (Å²) < 4.78 is 16.7. The SMILES string of the molecule is COC(=O)c1ccc(CN2C(=O)N/C(=C\c3ccc(OCc4ccc(C)cc4)c(I)c3)C2=O)o1. The Labute approximate surface area is 209 Å². The predicted molar refractivity (Wildman–Crippen MR) is 132 cm³/mol. The van der Waals surface area contributed by atoms with Crippen molar-refractivity contribution in [3.05, 3.63) is 92.1 Å². The first kappa shape index (κ1) is 23.6. The molecule has 0 radical (unpaired) electrons. The summed E-state index contributed by atoms with van der Waals surface area (Å²) in [4.78, 5) is 37.7. The Morgan fingerprint density at radius 1 is 1.12 bits per heavy atom. The summed E-state index contributed by atoms with van der Waals surface area (Å²) in [5.74, 6) is -0.110. The summed E-state index contributed by atoms with van der Waals surface area (Å²) in [6.45, 7) is 2.38. The molecule has 8 nitrogen and oxygen atoms in total. The molecule has 0 bridgehead atoms. The molecule has 1 saturated heterocycles. The number of amides is 3. The van der Waals surface area contributed by atoms with Crippen molar-refractivity contribution in [1.29, 1.82) is 0 Å². The number of urea groups is 1. The van der Waals surface area contributed by atoms with Crippen LogP contribution in [0.15, 0.2) is 64.7 Å². The Morgan fingerprint density at radius 3 is 2.59 bits per heavy atom. The summed E-state index contributed by atoms with van der Waals surface area (Å²) in [7, 11) is 1.24. The van der Waals surface area contributed by atoms with Gasteiger partial charge in [-0.2, -0.15) is 0 Å². The van der Waals surface area contributed by atoms with Crippen LogP contribution in [0.5, 0.6) is 5.75 Å². The number of esters is 1. The second-order valence-electron chi connectivity index (χ2n) is 7.60. The van der Waals surface area contributed by atoms with E-state index in [1.807, 2.05) is 49.4 Å². The van der Waals surface area contributed by atoms with E-state index in [1.165, 1.54) is 24.8 Å². The molecule has 1 aliphatic rings. The third-order valence-electron chi connectivity index (χ3n) is 5.11. The fourth-order valence-electron chi connectivity index (χ4n) is 3.28. The van der Waals surface area contributed by atoms with E-state index in [4.69, 9.17) is 9.15 Å². The largest absolute Gasteiger partial charge is 0.488 e. The van der Waals surface area contributed by atoms with Gasteiger partial charge in [0.2, 0.25) is 5.76 Å². The van der Waals surface area contributed by atoms with Gasteiger partial charge in [0.05, 0.1) is 17.2 Å². The predicted octanol–water partition coefficient (Wildman–Crippen LogP) is 4.65. The number of hydrogen-bond acceptors (Lipinski definition) is 6. The zero-order valence-corrected chi connectivity index (χ0v) is 20.6. The molecule has 3 aromatic rings. The fraction of sp³-hybridized carbons (Fsp3) is 0.160. The highest BCUT2D eigenvalue weighted by atomic mass is 127. The van der Waals surface area contributed by atoms with Gasteiger partial charge in [0.25, 0.3) is 5.91 Å². The number of carbonyl (C=O) groups is 3. The lowest BCUT2D eigenvalue weighted by molar-refractivity contribution is -0.123. The van der Waals surface area contributed by atoms with Gasteiger partial charge in [-0.05, 0) is 71.0 Å². The van der Waals surface area contributed by atoms with Gasteiger partial charge >= 0.3 is 12.0 Å². The molecule has 0 atom stereocenters. The van der Waals surface area contributed by atoms with Crippen LogP contribution in [0.1, 0.15) is 33.0 Å². The first-order valence-corrected chi connectivity index (χ1v) is 11.4. The minimum absolute atomic E-state index is 0.000387. The molecule has 4 rings (SSSR count). The van der Waals surface area contributed by atoms with E-state index in [1.54, 1.807) is 6.08 Å². The highest BCUT2D eigenvalue weighted by Crippen LogP contribution is 2.25. The number of imide groups is 1. The van der Waals surface area contributed by atoms with E-state index in [-0.39, 0.29) is 23.8 Å². The van der Waals surface area contributed by atoms with Gasteiger partial charge in [0, 0.05) is 0 Å². The average Bonchev–Trinajstić information content (AvgIpc) is 3.39. The number of carbonyl (C=O) groups excluding carboxylic acids is 3. The second-order valence-corrected chi connectivity index (χ2v) is 8.76. The van der Waals surface area contributed by atoms with Crippen molar-refractivity contribution >= 4 is 46.6 Å². The number of aryl methyl sites for hydroxylation is 1. The maximum atomic E-state index is 12.8. The van der Waals surface area contributed by atoms with Gasteiger partial charge in [-0.1, -0.05) is 35.9 Å². The minimum atomic E-state index is -0.634. The number of hydrogen-bond donors (Lipinski definition) is 1. The number of halogens is 1. The lowest BCUT2D eigenvalue weighted by Gasteiger charge is -2.10. The molecule has 2 heterocycles. The van der Waals surface area contributed by atoms with Crippen molar-refractivity contribution in [3.63, 3.8) is 0 Å². The summed E-state index contributed by atoms with van der Waals surface area (Å²) in [6.07, 6.45) is 1.61. The maximum absolute atomic E-state index is 12.8. The highest BCUT2D eigenvalue weighted by molar-refractivity contribution is 14.1. The molecule has 3 amide bonds. The zero-order chi connectivity index (χ0) is 24.2. The van der Waals surface area contributed by atoms with Crippen molar-refractivity contribution in [2.45, 2.75) is 20.1 Å². The topological polar surface area (TPSA) is 98.1 Å². The highest BCUT2D eigenvalue weighted by Gasteiger charge is 2.34. The molecule has 0 spiro atoms. The Balaban J connectivity index is 1.43. The summed E-state index contributed by atoms with van der Waals surface area (Å²) in [5.41, 5.74) is 3.15. The number of benzene rings is 2. The van der Waals surface area contributed by atoms with E-state index in [0.29, 0.717) is 6.61 Å². The Kier molecular flexibility index (Phi) is 7.01. The molecule has 0 aliphatic carbocycles. The van der Waals surface area contributed by atoms with Crippen molar-refractivity contribution in [3.8, 4) is 5.75 Å². The van der Waals surface area contributed by atoms with Crippen LogP contribution >= 0.6 is 22.6 Å². The van der Waals surface area contributed by atoms with Crippen molar-refractivity contribution in [2.24, 2.45) is 0 Å². The summed E-state index contributed by atoms with van der Waals surface area (Å²) >= 11 is 2.17. The van der Waals surface area contributed by atoms with Crippen molar-refractivity contribution < 1.29 is 28.3 Å². The molecule has 1 aliphatic heterocycles. The monoisotopic (exact) mass is 572 g/mol. The van der Waals surface area contributed by atoms with Crippen molar-refractivity contribution in [2.75, 3.05) is 7.11 Å². The van der Waals surface area contributed by atoms with Crippen LogP contribution in [-0.2, 0) is 22.7 Å². The molecule has 34 heavy (non-hydrogen) atoms. The molecule has 174 valence electrons. The number of nitrogens with zero attached hydrogens (tertiary/aromatic N) is 1. The average molecular weight is 572 g/mol. The molecule has 1 fully saturated rings. The van der Waals surface area contributed by atoms with Crippen LogP contribution in [0.2, 0.25) is 0 Å². The lowest BCUT2D eigenvalue weighted by Crippen LogP contribution is -2.30. The number of nitrogens with one attached hydrogen (secondary N) is 1. The third-order valence-corrected chi connectivity index (χ3v) is 5.95. The first-order chi connectivity index (χ1) is 16.3. The van der Waals surface area contributed by atoms with Gasteiger partial charge in [-0.3, -0.25) is 9.69 Å². The van der Waals surface area contributed by atoms with Gasteiger partial charge in [-0.25, -0.2) is 9.59 Å². The molecule has 0 unspecified atom stereocenters. The van der Waals surface area contributed by atoms with Gasteiger partial charge < -0.3 is 19.2 Å². The van der Waals surface area contributed by atoms with E-state index in [2.05, 4.69) is 32.6 Å². The van der Waals surface area contributed by atoms with E-state index in [0.717, 1.165) is 25.3 Å². The Morgan fingerprint density at radius 2 is 1.88 bits per heavy atom. The number of methoxy groups -OCH3 is 1. The maximum Gasteiger partial charge on any atom is 0.373 e.